The van der Waals surface area contributed by atoms with Crippen LogP contribution in [0.4, 0.5) is 0 Å². The maximum Gasteiger partial charge on any atom is 0.305 e. The predicted octanol–water partition coefficient (Wildman–Crippen LogP) is 1.35. The van der Waals surface area contributed by atoms with Crippen molar-refractivity contribution in [1.29, 1.82) is 0 Å². The Morgan fingerprint density at radius 1 is 1.42 bits per heavy atom. The zero-order valence-electron chi connectivity index (χ0n) is 8.09. The van der Waals surface area contributed by atoms with Crippen molar-refractivity contribution in [2.24, 2.45) is 5.41 Å². The molecule has 12 heavy (non-hydrogen) atoms. The quantitative estimate of drug-likeness (QED) is 0.654. The standard InChI is InChI=1S/C9H18O3/c1-9(2,3)7-12-8(11)5-4-6-10/h10H,4-7H2,1-3H3. The fourth-order valence-corrected chi connectivity index (χ4v) is 0.593. The molecule has 0 amide bonds. The Kier molecular flexibility index (Phi) is 4.90. The van der Waals surface area contributed by atoms with Crippen molar-refractivity contribution in [1.82, 2.24) is 0 Å². The van der Waals surface area contributed by atoms with E-state index in [0.29, 0.717) is 19.4 Å². The number of rotatable bonds is 4. The number of esters is 1. The SMILES string of the molecule is CC(C)(C)COC(=O)CCCO. The summed E-state index contributed by atoms with van der Waals surface area (Å²) in [5, 5.41) is 8.44. The van der Waals surface area contributed by atoms with Gasteiger partial charge < -0.3 is 9.84 Å². The van der Waals surface area contributed by atoms with Crippen molar-refractivity contribution < 1.29 is 14.6 Å². The molecule has 0 saturated heterocycles. The molecule has 72 valence electrons. The second-order valence-electron chi connectivity index (χ2n) is 4.05. The lowest BCUT2D eigenvalue weighted by molar-refractivity contribution is -0.146. The molecule has 1 N–H and O–H groups in total. The van der Waals surface area contributed by atoms with Gasteiger partial charge in [-0.3, -0.25) is 4.79 Å². The van der Waals surface area contributed by atoms with Crippen molar-refractivity contribution in [3.8, 4) is 0 Å². The van der Waals surface area contributed by atoms with Gasteiger partial charge >= 0.3 is 5.97 Å². The fourth-order valence-electron chi connectivity index (χ4n) is 0.593. The summed E-state index contributed by atoms with van der Waals surface area (Å²) >= 11 is 0. The first kappa shape index (κ1) is 11.4. The fraction of sp³-hybridized carbons (Fsp3) is 0.889. The molecule has 0 aromatic heterocycles. The van der Waals surface area contributed by atoms with Crippen LogP contribution < -0.4 is 0 Å². The first-order valence-corrected chi connectivity index (χ1v) is 4.22. The molecule has 0 spiro atoms. The van der Waals surface area contributed by atoms with Gasteiger partial charge in [-0.25, -0.2) is 0 Å². The molecular weight excluding hydrogens is 156 g/mol. The van der Waals surface area contributed by atoms with Gasteiger partial charge in [0.25, 0.3) is 0 Å². The van der Waals surface area contributed by atoms with E-state index in [1.807, 2.05) is 20.8 Å². The number of aliphatic hydroxyl groups is 1. The molecule has 0 aromatic carbocycles. The van der Waals surface area contributed by atoms with E-state index in [2.05, 4.69) is 0 Å². The van der Waals surface area contributed by atoms with E-state index in [4.69, 9.17) is 9.84 Å². The van der Waals surface area contributed by atoms with E-state index in [9.17, 15) is 4.79 Å². The average Bonchev–Trinajstić information content (AvgIpc) is 1.95. The second-order valence-corrected chi connectivity index (χ2v) is 4.05. The van der Waals surface area contributed by atoms with Crippen molar-refractivity contribution >= 4 is 5.97 Å². The topological polar surface area (TPSA) is 46.5 Å². The van der Waals surface area contributed by atoms with E-state index >= 15 is 0 Å². The summed E-state index contributed by atoms with van der Waals surface area (Å²) in [5.74, 6) is -0.223. The van der Waals surface area contributed by atoms with E-state index in [-0.39, 0.29) is 18.0 Å². The van der Waals surface area contributed by atoms with Crippen LogP contribution in [-0.2, 0) is 9.53 Å². The summed E-state index contributed by atoms with van der Waals surface area (Å²) in [5.41, 5.74) is 0.0227. The van der Waals surface area contributed by atoms with Gasteiger partial charge in [-0.15, -0.1) is 0 Å². The summed E-state index contributed by atoms with van der Waals surface area (Å²) in [4.78, 5) is 10.9. The number of carbonyl (C=O) groups is 1. The van der Waals surface area contributed by atoms with E-state index in [1.54, 1.807) is 0 Å². The lowest BCUT2D eigenvalue weighted by atomic mass is 9.99. The van der Waals surface area contributed by atoms with E-state index < -0.39 is 0 Å². The van der Waals surface area contributed by atoms with E-state index in [0.717, 1.165) is 0 Å². The molecule has 0 aliphatic heterocycles. The number of aliphatic hydroxyl groups excluding tert-OH is 1. The van der Waals surface area contributed by atoms with Crippen LogP contribution in [-0.4, -0.2) is 24.3 Å². The molecule has 0 aliphatic rings. The molecule has 0 fully saturated rings. The molecule has 3 nitrogen and oxygen atoms in total. The van der Waals surface area contributed by atoms with Gasteiger partial charge in [0, 0.05) is 13.0 Å². The summed E-state index contributed by atoms with van der Waals surface area (Å²) < 4.78 is 4.96. The molecule has 0 bridgehead atoms. The minimum absolute atomic E-state index is 0.0227. The highest BCUT2D eigenvalue weighted by molar-refractivity contribution is 5.69. The first-order chi connectivity index (χ1) is 5.45. The van der Waals surface area contributed by atoms with Crippen LogP contribution in [0.15, 0.2) is 0 Å². The third-order valence-corrected chi connectivity index (χ3v) is 1.21. The van der Waals surface area contributed by atoms with Gasteiger partial charge in [-0.1, -0.05) is 20.8 Å². The summed E-state index contributed by atoms with van der Waals surface area (Å²) in [6.07, 6.45) is 0.801. The van der Waals surface area contributed by atoms with Gasteiger partial charge in [-0.05, 0) is 11.8 Å². The first-order valence-electron chi connectivity index (χ1n) is 4.22. The zero-order chi connectivity index (χ0) is 9.61. The predicted molar refractivity (Wildman–Crippen MR) is 46.7 cm³/mol. The highest BCUT2D eigenvalue weighted by Crippen LogP contribution is 2.13. The third kappa shape index (κ3) is 7.54. The van der Waals surface area contributed by atoms with Crippen LogP contribution in [0.3, 0.4) is 0 Å². The lowest BCUT2D eigenvalue weighted by Crippen LogP contribution is -2.18. The van der Waals surface area contributed by atoms with Crippen LogP contribution in [0, 0.1) is 5.41 Å². The summed E-state index contributed by atoms with van der Waals surface area (Å²) in [6.45, 7) is 6.51. The largest absolute Gasteiger partial charge is 0.465 e. The second kappa shape index (κ2) is 5.14. The Morgan fingerprint density at radius 3 is 2.42 bits per heavy atom. The third-order valence-electron chi connectivity index (χ3n) is 1.21. The summed E-state index contributed by atoms with van der Waals surface area (Å²) in [6, 6.07) is 0. The molecule has 0 rings (SSSR count). The monoisotopic (exact) mass is 174 g/mol. The van der Waals surface area contributed by atoms with Crippen molar-refractivity contribution in [2.45, 2.75) is 33.6 Å². The van der Waals surface area contributed by atoms with Gasteiger partial charge in [-0.2, -0.15) is 0 Å². The highest BCUT2D eigenvalue weighted by atomic mass is 16.5. The van der Waals surface area contributed by atoms with Gasteiger partial charge in [0.2, 0.25) is 0 Å². The number of hydrogen-bond acceptors (Lipinski definition) is 3. The molecular formula is C9H18O3. The van der Waals surface area contributed by atoms with Crippen LogP contribution in [0.5, 0.6) is 0 Å². The minimum Gasteiger partial charge on any atom is -0.465 e. The molecule has 0 unspecified atom stereocenters. The van der Waals surface area contributed by atoms with E-state index in [1.165, 1.54) is 0 Å². The number of hydrogen-bond donors (Lipinski definition) is 1. The number of ether oxygens (including phenoxy) is 1. The summed E-state index contributed by atoms with van der Waals surface area (Å²) in [7, 11) is 0. The Morgan fingerprint density at radius 2 is 2.00 bits per heavy atom. The smallest absolute Gasteiger partial charge is 0.305 e. The zero-order valence-corrected chi connectivity index (χ0v) is 8.09. The Balaban J connectivity index is 3.44. The van der Waals surface area contributed by atoms with Crippen LogP contribution in [0.1, 0.15) is 33.6 Å². The molecule has 0 radical (unpaired) electrons. The van der Waals surface area contributed by atoms with Crippen LogP contribution in [0.2, 0.25) is 0 Å². The normalized spacial score (nSPS) is 11.3. The minimum atomic E-state index is -0.223. The van der Waals surface area contributed by atoms with Crippen molar-refractivity contribution in [3.63, 3.8) is 0 Å². The average molecular weight is 174 g/mol. The van der Waals surface area contributed by atoms with Crippen molar-refractivity contribution in [3.05, 3.63) is 0 Å². The van der Waals surface area contributed by atoms with Crippen LogP contribution in [0.25, 0.3) is 0 Å². The highest BCUT2D eigenvalue weighted by Gasteiger charge is 2.12. The van der Waals surface area contributed by atoms with Crippen molar-refractivity contribution in [2.75, 3.05) is 13.2 Å². The van der Waals surface area contributed by atoms with Gasteiger partial charge in [0.05, 0.1) is 6.61 Å². The molecule has 0 aliphatic carbocycles. The Hall–Kier alpha value is -0.570. The van der Waals surface area contributed by atoms with Crippen LogP contribution >= 0.6 is 0 Å². The van der Waals surface area contributed by atoms with Gasteiger partial charge in [0.15, 0.2) is 0 Å². The van der Waals surface area contributed by atoms with Gasteiger partial charge in [0.1, 0.15) is 0 Å². The molecule has 0 saturated carbocycles. The lowest BCUT2D eigenvalue weighted by Gasteiger charge is -2.17. The molecule has 0 atom stereocenters. The number of carbonyl (C=O) groups excluding carboxylic acids is 1. The maximum atomic E-state index is 10.9. The Labute approximate surface area is 73.7 Å². The molecule has 0 aromatic rings. The maximum absolute atomic E-state index is 10.9. The Bertz CT molecular complexity index is 135. The molecule has 0 heterocycles. The molecule has 3 heteroatoms.